The van der Waals surface area contributed by atoms with E-state index in [2.05, 4.69) is 5.32 Å². The summed E-state index contributed by atoms with van der Waals surface area (Å²) in [5.41, 5.74) is 1.23. The van der Waals surface area contributed by atoms with Crippen molar-refractivity contribution in [2.24, 2.45) is 11.3 Å². The summed E-state index contributed by atoms with van der Waals surface area (Å²) in [5.74, 6) is 0.817. The molecule has 2 saturated carbocycles. The lowest BCUT2D eigenvalue weighted by atomic mass is 10.0. The monoisotopic (exact) mass is 257 g/mol. The molecule has 5 nitrogen and oxygen atoms in total. The molecular weight excluding hydrogens is 242 g/mol. The minimum absolute atomic E-state index is 0.00866. The number of benzene rings is 1. The van der Waals surface area contributed by atoms with Crippen LogP contribution in [0.15, 0.2) is 18.2 Å². The number of hydrogen-bond acceptors (Lipinski definition) is 4. The van der Waals surface area contributed by atoms with Crippen LogP contribution in [0, 0.1) is 32.8 Å². The van der Waals surface area contributed by atoms with Gasteiger partial charge >= 0.3 is 0 Å². The van der Waals surface area contributed by atoms with Crippen LogP contribution < -0.4 is 5.32 Å². The molecule has 19 heavy (non-hydrogen) atoms. The van der Waals surface area contributed by atoms with Crippen LogP contribution in [-0.2, 0) is 0 Å². The van der Waals surface area contributed by atoms with Gasteiger partial charge < -0.3 is 5.32 Å². The van der Waals surface area contributed by atoms with Crippen LogP contribution in [0.4, 0.5) is 11.4 Å². The molecule has 0 spiro atoms. The van der Waals surface area contributed by atoms with E-state index in [1.165, 1.54) is 31.7 Å². The van der Waals surface area contributed by atoms with Crippen LogP contribution in [0.25, 0.3) is 0 Å². The van der Waals surface area contributed by atoms with Gasteiger partial charge in [-0.15, -0.1) is 0 Å². The normalized spacial score (nSPS) is 19.5. The maximum atomic E-state index is 11.0. The van der Waals surface area contributed by atoms with Crippen molar-refractivity contribution in [2.75, 3.05) is 11.9 Å². The number of nitrogens with zero attached hydrogens (tertiary/aromatic N) is 2. The standard InChI is InChI=1S/C14H15N3O2/c15-8-10-1-4-12(13(7-10)17(18)19)16-9-14(5-6-14)11-2-3-11/h1,4,7,11,16H,2-3,5-6,9H2. The molecule has 2 aliphatic carbocycles. The third-order valence-electron chi connectivity index (χ3n) is 4.29. The highest BCUT2D eigenvalue weighted by Crippen LogP contribution is 2.61. The molecule has 0 aromatic heterocycles. The largest absolute Gasteiger partial charge is 0.379 e. The van der Waals surface area contributed by atoms with Crippen molar-refractivity contribution in [1.29, 1.82) is 5.26 Å². The van der Waals surface area contributed by atoms with Crippen LogP contribution in [-0.4, -0.2) is 11.5 Å². The van der Waals surface area contributed by atoms with E-state index < -0.39 is 4.92 Å². The molecule has 0 bridgehead atoms. The van der Waals surface area contributed by atoms with Crippen LogP contribution in [0.2, 0.25) is 0 Å². The zero-order valence-electron chi connectivity index (χ0n) is 10.6. The molecule has 0 heterocycles. The topological polar surface area (TPSA) is 79.0 Å². The first kappa shape index (κ1) is 12.0. The lowest BCUT2D eigenvalue weighted by Crippen LogP contribution is -2.18. The molecule has 0 aliphatic heterocycles. The first-order valence-electron chi connectivity index (χ1n) is 6.57. The van der Waals surface area contributed by atoms with Crippen LogP contribution in [0.3, 0.4) is 0 Å². The Bertz CT molecular complexity index is 569. The Morgan fingerprint density at radius 1 is 1.47 bits per heavy atom. The predicted molar refractivity (Wildman–Crippen MR) is 70.7 cm³/mol. The number of hydrogen-bond donors (Lipinski definition) is 1. The molecule has 98 valence electrons. The minimum Gasteiger partial charge on any atom is -0.379 e. The minimum atomic E-state index is -0.431. The van der Waals surface area contributed by atoms with Gasteiger partial charge in [-0.25, -0.2) is 0 Å². The first-order chi connectivity index (χ1) is 9.14. The molecule has 0 radical (unpaired) electrons. The smallest absolute Gasteiger partial charge is 0.293 e. The average molecular weight is 257 g/mol. The SMILES string of the molecule is N#Cc1ccc(NCC2(C3CC3)CC2)c([N+](=O)[O-])c1. The fourth-order valence-corrected chi connectivity index (χ4v) is 2.76. The van der Waals surface area contributed by atoms with Gasteiger partial charge in [-0.1, -0.05) is 0 Å². The summed E-state index contributed by atoms with van der Waals surface area (Å²) in [6.07, 6.45) is 5.07. The van der Waals surface area contributed by atoms with Crippen LogP contribution in [0.1, 0.15) is 31.2 Å². The lowest BCUT2D eigenvalue weighted by Gasteiger charge is -2.16. The second kappa shape index (κ2) is 4.23. The highest BCUT2D eigenvalue weighted by atomic mass is 16.6. The van der Waals surface area contributed by atoms with Crippen molar-refractivity contribution in [3.63, 3.8) is 0 Å². The second-order valence-electron chi connectivity index (χ2n) is 5.59. The Balaban J connectivity index is 1.76. The van der Waals surface area contributed by atoms with Crippen LogP contribution >= 0.6 is 0 Å². The first-order valence-corrected chi connectivity index (χ1v) is 6.57. The van der Waals surface area contributed by atoms with Crippen molar-refractivity contribution in [3.8, 4) is 6.07 Å². The zero-order valence-corrected chi connectivity index (χ0v) is 10.6. The summed E-state index contributed by atoms with van der Waals surface area (Å²) < 4.78 is 0. The molecule has 1 N–H and O–H groups in total. The zero-order chi connectivity index (χ0) is 13.5. The molecule has 1 aromatic rings. The number of nitro benzene ring substituents is 1. The molecule has 0 unspecified atom stereocenters. The Labute approximate surface area is 111 Å². The Morgan fingerprint density at radius 3 is 2.74 bits per heavy atom. The maximum absolute atomic E-state index is 11.0. The highest BCUT2D eigenvalue weighted by molar-refractivity contribution is 5.64. The molecule has 2 aliphatic rings. The molecular formula is C14H15N3O2. The molecule has 1 aromatic carbocycles. The van der Waals surface area contributed by atoms with Crippen molar-refractivity contribution < 1.29 is 4.92 Å². The van der Waals surface area contributed by atoms with E-state index >= 15 is 0 Å². The third-order valence-corrected chi connectivity index (χ3v) is 4.29. The van der Waals surface area contributed by atoms with E-state index in [0.717, 1.165) is 12.5 Å². The van der Waals surface area contributed by atoms with Gasteiger partial charge in [0.2, 0.25) is 0 Å². The third kappa shape index (κ3) is 2.26. The van der Waals surface area contributed by atoms with E-state index in [0.29, 0.717) is 16.7 Å². The maximum Gasteiger partial charge on any atom is 0.293 e. The van der Waals surface area contributed by atoms with E-state index in [4.69, 9.17) is 5.26 Å². The predicted octanol–water partition coefficient (Wildman–Crippen LogP) is 3.07. The lowest BCUT2D eigenvalue weighted by molar-refractivity contribution is -0.384. The van der Waals surface area contributed by atoms with E-state index in [-0.39, 0.29) is 5.69 Å². The quantitative estimate of drug-likeness (QED) is 0.649. The molecule has 0 atom stereocenters. The molecule has 5 heteroatoms. The fraction of sp³-hybridized carbons (Fsp3) is 0.500. The number of nitro groups is 1. The number of rotatable bonds is 5. The average Bonchev–Trinajstić information content (AvgIpc) is 3.28. The summed E-state index contributed by atoms with van der Waals surface area (Å²) in [7, 11) is 0. The number of anilines is 1. The molecule has 0 amide bonds. The van der Waals surface area contributed by atoms with Gasteiger partial charge in [-0.3, -0.25) is 10.1 Å². The van der Waals surface area contributed by atoms with Crippen LogP contribution in [0.5, 0.6) is 0 Å². The van der Waals surface area contributed by atoms with Crippen molar-refractivity contribution >= 4 is 11.4 Å². The summed E-state index contributed by atoms with van der Waals surface area (Å²) in [5, 5.41) is 23.0. The summed E-state index contributed by atoms with van der Waals surface area (Å²) in [6.45, 7) is 0.810. The van der Waals surface area contributed by atoms with Crippen molar-refractivity contribution in [1.82, 2.24) is 0 Å². The van der Waals surface area contributed by atoms with Gasteiger partial charge in [0, 0.05) is 12.6 Å². The van der Waals surface area contributed by atoms with Crippen molar-refractivity contribution in [2.45, 2.75) is 25.7 Å². The van der Waals surface area contributed by atoms with E-state index in [1.807, 2.05) is 6.07 Å². The Kier molecular flexibility index (Phi) is 2.67. The second-order valence-corrected chi connectivity index (χ2v) is 5.59. The summed E-state index contributed by atoms with van der Waals surface area (Å²) in [4.78, 5) is 10.6. The van der Waals surface area contributed by atoms with E-state index in [1.54, 1.807) is 12.1 Å². The van der Waals surface area contributed by atoms with Gasteiger partial charge in [-0.05, 0) is 49.1 Å². The van der Waals surface area contributed by atoms with Gasteiger partial charge in [-0.2, -0.15) is 5.26 Å². The fourth-order valence-electron chi connectivity index (χ4n) is 2.76. The highest BCUT2D eigenvalue weighted by Gasteiger charge is 2.53. The number of nitriles is 1. The Morgan fingerprint density at radius 2 is 2.21 bits per heavy atom. The van der Waals surface area contributed by atoms with Crippen molar-refractivity contribution in [3.05, 3.63) is 33.9 Å². The summed E-state index contributed by atoms with van der Waals surface area (Å²) in [6, 6.07) is 6.52. The molecule has 3 rings (SSSR count). The Hall–Kier alpha value is -2.09. The molecule has 2 fully saturated rings. The van der Waals surface area contributed by atoms with E-state index in [9.17, 15) is 10.1 Å². The van der Waals surface area contributed by atoms with Gasteiger partial charge in [0.05, 0.1) is 16.6 Å². The summed E-state index contributed by atoms with van der Waals surface area (Å²) >= 11 is 0. The van der Waals surface area contributed by atoms with Gasteiger partial charge in [0.1, 0.15) is 5.69 Å². The van der Waals surface area contributed by atoms with Gasteiger partial charge in [0.15, 0.2) is 0 Å². The van der Waals surface area contributed by atoms with Gasteiger partial charge in [0.25, 0.3) is 5.69 Å². The number of nitrogens with one attached hydrogen (secondary N) is 1. The molecule has 0 saturated heterocycles.